The van der Waals surface area contributed by atoms with Crippen molar-refractivity contribution in [3.8, 4) is 22.9 Å². The first-order chi connectivity index (χ1) is 18.5. The monoisotopic (exact) mass is 516 g/mol. The molecule has 1 aromatic heterocycles. The third-order valence-corrected chi connectivity index (χ3v) is 6.48. The molecule has 6 nitrogen and oxygen atoms in total. The highest BCUT2D eigenvalue weighted by atomic mass is 19.1. The number of anilines is 1. The average molecular weight is 517 g/mol. The van der Waals surface area contributed by atoms with Gasteiger partial charge in [0.2, 0.25) is 11.8 Å². The van der Waals surface area contributed by atoms with Crippen LogP contribution in [0.3, 0.4) is 0 Å². The molecule has 2 heterocycles. The smallest absolute Gasteiger partial charge is 0.308 e. The summed E-state index contributed by atoms with van der Waals surface area (Å²) in [5.41, 5.74) is 2.00. The number of ether oxygens (including phenoxy) is 2. The summed E-state index contributed by atoms with van der Waals surface area (Å²) in [6, 6.07) is 24.5. The second-order valence-electron chi connectivity index (χ2n) is 9.11. The fourth-order valence-corrected chi connectivity index (χ4v) is 4.46. The predicted molar refractivity (Wildman–Crippen MR) is 139 cm³/mol. The number of carboxylic acids is 1. The summed E-state index contributed by atoms with van der Waals surface area (Å²) in [5.74, 6) is -2.75. The Hall–Kier alpha value is -4.46. The molecule has 1 N–H and O–H groups in total. The van der Waals surface area contributed by atoms with E-state index in [2.05, 4.69) is 4.98 Å². The molecular weight excluding hydrogens is 490 g/mol. The van der Waals surface area contributed by atoms with Crippen LogP contribution in [0.1, 0.15) is 17.5 Å². The van der Waals surface area contributed by atoms with Crippen molar-refractivity contribution in [2.75, 3.05) is 18.0 Å². The maximum atomic E-state index is 15.4. The lowest BCUT2D eigenvalue weighted by Gasteiger charge is -2.20. The third kappa shape index (κ3) is 5.75. The molecular formula is C30H26F2N2O4. The van der Waals surface area contributed by atoms with Gasteiger partial charge in [0.15, 0.2) is 0 Å². The summed E-state index contributed by atoms with van der Waals surface area (Å²) >= 11 is 0. The summed E-state index contributed by atoms with van der Waals surface area (Å²) in [6.07, 6.45) is 0.423. The number of carbonyl (C=O) groups is 1. The quantitative estimate of drug-likeness (QED) is 0.290. The minimum atomic E-state index is -0.911. The largest absolute Gasteiger partial charge is 0.481 e. The summed E-state index contributed by atoms with van der Waals surface area (Å²) in [5, 5.41) is 9.26. The fourth-order valence-electron chi connectivity index (χ4n) is 4.46. The van der Waals surface area contributed by atoms with E-state index in [1.54, 1.807) is 11.0 Å². The first-order valence-electron chi connectivity index (χ1n) is 12.3. The number of pyridine rings is 1. The molecule has 1 unspecified atom stereocenters. The molecule has 3 aromatic carbocycles. The molecule has 0 spiro atoms. The molecule has 8 heteroatoms. The number of rotatable bonds is 9. The maximum Gasteiger partial charge on any atom is 0.308 e. The lowest BCUT2D eigenvalue weighted by Crippen LogP contribution is -2.23. The number of nitrogens with zero attached hydrogens (tertiary/aromatic N) is 2. The highest BCUT2D eigenvalue weighted by molar-refractivity contribution is 5.74. The van der Waals surface area contributed by atoms with E-state index in [9.17, 15) is 9.90 Å². The van der Waals surface area contributed by atoms with Crippen LogP contribution < -0.4 is 14.4 Å². The topological polar surface area (TPSA) is 71.9 Å². The highest BCUT2D eigenvalue weighted by Crippen LogP contribution is 2.37. The molecule has 0 bridgehead atoms. The first kappa shape index (κ1) is 25.2. The Kier molecular flexibility index (Phi) is 7.49. The number of halogens is 2. The second-order valence-corrected chi connectivity index (χ2v) is 9.11. The van der Waals surface area contributed by atoms with E-state index in [0.29, 0.717) is 18.7 Å². The van der Waals surface area contributed by atoms with Gasteiger partial charge in [0, 0.05) is 24.8 Å². The third-order valence-electron chi connectivity index (χ3n) is 6.48. The van der Waals surface area contributed by atoms with Crippen LogP contribution in [0, 0.1) is 17.6 Å². The average Bonchev–Trinajstić information content (AvgIpc) is 3.43. The Bertz CT molecular complexity index is 1390. The molecule has 38 heavy (non-hydrogen) atoms. The Labute approximate surface area is 219 Å². The Morgan fingerprint density at radius 1 is 0.895 bits per heavy atom. The number of hydrogen-bond acceptors (Lipinski definition) is 5. The molecule has 194 valence electrons. The molecule has 0 aliphatic carbocycles. The van der Waals surface area contributed by atoms with Gasteiger partial charge >= 0.3 is 5.97 Å². The van der Waals surface area contributed by atoms with Crippen molar-refractivity contribution in [3.05, 3.63) is 108 Å². The zero-order valence-corrected chi connectivity index (χ0v) is 20.5. The molecule has 1 aliphatic rings. The second kappa shape index (κ2) is 11.3. The van der Waals surface area contributed by atoms with Gasteiger partial charge in [-0.05, 0) is 35.7 Å². The van der Waals surface area contributed by atoms with Crippen molar-refractivity contribution < 1.29 is 28.2 Å². The van der Waals surface area contributed by atoms with Gasteiger partial charge in [-0.15, -0.1) is 0 Å². The summed E-state index contributed by atoms with van der Waals surface area (Å²) in [7, 11) is 0. The van der Waals surface area contributed by atoms with Crippen molar-refractivity contribution in [1.82, 2.24) is 4.98 Å². The first-order valence-corrected chi connectivity index (χ1v) is 12.3. The molecule has 4 aromatic rings. The normalized spacial score (nSPS) is 14.9. The zero-order valence-electron chi connectivity index (χ0n) is 20.5. The zero-order chi connectivity index (χ0) is 26.5. The van der Waals surface area contributed by atoms with E-state index < -0.39 is 23.5 Å². The molecule has 1 saturated heterocycles. The number of hydrogen-bond donors (Lipinski definition) is 1. The lowest BCUT2D eigenvalue weighted by molar-refractivity contribution is -0.140. The van der Waals surface area contributed by atoms with Gasteiger partial charge < -0.3 is 19.5 Å². The van der Waals surface area contributed by atoms with E-state index in [1.807, 2.05) is 60.7 Å². The van der Waals surface area contributed by atoms with Crippen LogP contribution in [0.5, 0.6) is 11.8 Å². The standard InChI is InChI=1S/C30H26F2N2O4/c31-25-15-23(34-14-13-22(17-34)30(35)36)16-26(32)28(25)24-11-12-27(37-18-20-7-3-1-4-8-20)33-29(24)38-19-21-9-5-2-6-10-21/h1-12,15-16,22H,13-14,17-19H2,(H,35,36). The van der Waals surface area contributed by atoms with Crippen molar-refractivity contribution >= 4 is 11.7 Å². The lowest BCUT2D eigenvalue weighted by atomic mass is 10.0. The molecule has 0 amide bonds. The van der Waals surface area contributed by atoms with Gasteiger partial charge in [-0.1, -0.05) is 60.7 Å². The molecule has 0 radical (unpaired) electrons. The maximum absolute atomic E-state index is 15.4. The van der Waals surface area contributed by atoms with E-state index >= 15 is 8.78 Å². The summed E-state index contributed by atoms with van der Waals surface area (Å²) in [4.78, 5) is 17.4. The number of aliphatic carboxylic acids is 1. The SMILES string of the molecule is O=C(O)C1CCN(c2cc(F)c(-c3ccc(OCc4ccccc4)nc3OCc3ccccc3)c(F)c2)C1. The molecule has 1 fully saturated rings. The van der Waals surface area contributed by atoms with Gasteiger partial charge in [-0.3, -0.25) is 4.79 Å². The van der Waals surface area contributed by atoms with Gasteiger partial charge in [0.25, 0.3) is 0 Å². The van der Waals surface area contributed by atoms with E-state index in [1.165, 1.54) is 18.2 Å². The van der Waals surface area contributed by atoms with E-state index in [-0.39, 0.29) is 42.6 Å². The van der Waals surface area contributed by atoms with Gasteiger partial charge in [0.05, 0.1) is 17.0 Å². The van der Waals surface area contributed by atoms with Gasteiger partial charge in [-0.25, -0.2) is 8.78 Å². The number of aromatic nitrogens is 1. The fraction of sp³-hybridized carbons (Fsp3) is 0.200. The minimum Gasteiger partial charge on any atom is -0.481 e. The van der Waals surface area contributed by atoms with Crippen LogP contribution in [-0.2, 0) is 18.0 Å². The number of benzene rings is 3. The van der Waals surface area contributed by atoms with Crippen LogP contribution in [0.15, 0.2) is 84.9 Å². The number of carboxylic acid groups (broad SMARTS) is 1. The Balaban J connectivity index is 1.44. The van der Waals surface area contributed by atoms with Crippen LogP contribution >= 0.6 is 0 Å². The van der Waals surface area contributed by atoms with E-state index in [4.69, 9.17) is 9.47 Å². The van der Waals surface area contributed by atoms with Crippen LogP contribution in [-0.4, -0.2) is 29.1 Å². The van der Waals surface area contributed by atoms with Gasteiger partial charge in [-0.2, -0.15) is 4.98 Å². The molecule has 0 saturated carbocycles. The summed E-state index contributed by atoms with van der Waals surface area (Å²) < 4.78 is 42.6. The van der Waals surface area contributed by atoms with E-state index in [0.717, 1.165) is 11.1 Å². The predicted octanol–water partition coefficient (Wildman–Crippen LogP) is 6.10. The minimum absolute atomic E-state index is 0.0390. The molecule has 1 atom stereocenters. The van der Waals surface area contributed by atoms with Crippen molar-refractivity contribution in [2.45, 2.75) is 19.6 Å². The van der Waals surface area contributed by atoms with Crippen molar-refractivity contribution in [1.29, 1.82) is 0 Å². The van der Waals surface area contributed by atoms with Gasteiger partial charge in [0.1, 0.15) is 24.8 Å². The van der Waals surface area contributed by atoms with Crippen molar-refractivity contribution in [2.24, 2.45) is 5.92 Å². The van der Waals surface area contributed by atoms with Crippen LogP contribution in [0.2, 0.25) is 0 Å². The van der Waals surface area contributed by atoms with Crippen LogP contribution in [0.25, 0.3) is 11.1 Å². The Morgan fingerprint density at radius 2 is 1.50 bits per heavy atom. The molecule has 1 aliphatic heterocycles. The van der Waals surface area contributed by atoms with Crippen LogP contribution in [0.4, 0.5) is 14.5 Å². The summed E-state index contributed by atoms with van der Waals surface area (Å²) in [6.45, 7) is 1.04. The van der Waals surface area contributed by atoms with Crippen molar-refractivity contribution in [3.63, 3.8) is 0 Å². The highest BCUT2D eigenvalue weighted by Gasteiger charge is 2.29. The Morgan fingerprint density at radius 3 is 2.08 bits per heavy atom. The molecule has 5 rings (SSSR count).